The fourth-order valence-electron chi connectivity index (χ4n) is 1.67. The molecule has 6 heteroatoms. The molecular weight excluding hydrogens is 326 g/mol. The van der Waals surface area contributed by atoms with Crippen molar-refractivity contribution in [1.29, 1.82) is 0 Å². The van der Waals surface area contributed by atoms with Crippen LogP contribution in [0.25, 0.3) is 0 Å². The molecule has 0 saturated carbocycles. The number of para-hydroxylation sites is 1. The van der Waals surface area contributed by atoms with Gasteiger partial charge >= 0.3 is 5.97 Å². The van der Waals surface area contributed by atoms with E-state index >= 15 is 0 Å². The second-order valence-corrected chi connectivity index (χ2v) is 5.10. The van der Waals surface area contributed by atoms with Gasteiger partial charge in [0.25, 0.3) is 0 Å². The van der Waals surface area contributed by atoms with E-state index in [0.717, 1.165) is 16.6 Å². The van der Waals surface area contributed by atoms with Crippen LogP contribution in [0, 0.1) is 0 Å². The lowest BCUT2D eigenvalue weighted by atomic mass is 10.2. The summed E-state index contributed by atoms with van der Waals surface area (Å²) >= 11 is 3.41. The monoisotopic (exact) mass is 345 g/mol. The van der Waals surface area contributed by atoms with Crippen LogP contribution in [0.2, 0.25) is 0 Å². The van der Waals surface area contributed by atoms with Gasteiger partial charge < -0.3 is 19.9 Å². The van der Waals surface area contributed by atoms with Crippen molar-refractivity contribution < 1.29 is 19.4 Å². The third kappa shape index (κ3) is 5.11. The number of methoxy groups -OCH3 is 1. The highest BCUT2D eigenvalue weighted by Gasteiger charge is 2.19. The number of carboxylic acid groups (broad SMARTS) is 1. The van der Waals surface area contributed by atoms with E-state index in [4.69, 9.17) is 14.6 Å². The summed E-state index contributed by atoms with van der Waals surface area (Å²) in [6.07, 6.45) is -0.431. The third-order valence-electron chi connectivity index (χ3n) is 2.75. The van der Waals surface area contributed by atoms with E-state index in [0.29, 0.717) is 25.3 Å². The van der Waals surface area contributed by atoms with Gasteiger partial charge in [0, 0.05) is 25.8 Å². The maximum absolute atomic E-state index is 11.1. The number of benzene rings is 1. The van der Waals surface area contributed by atoms with Crippen molar-refractivity contribution in [3.63, 3.8) is 0 Å². The Morgan fingerprint density at radius 2 is 2.25 bits per heavy atom. The molecule has 0 bridgehead atoms. The number of carboxylic acids is 1. The molecule has 1 aromatic rings. The number of ether oxygens (including phenoxy) is 2. The Balaban J connectivity index is 2.79. The fourth-order valence-corrected chi connectivity index (χ4v) is 2.17. The molecule has 20 heavy (non-hydrogen) atoms. The quantitative estimate of drug-likeness (QED) is 0.672. The molecule has 0 radical (unpaired) electrons. The van der Waals surface area contributed by atoms with E-state index in [2.05, 4.69) is 21.2 Å². The number of hydrogen-bond acceptors (Lipinski definition) is 4. The van der Waals surface area contributed by atoms with E-state index in [1.807, 2.05) is 18.2 Å². The first-order valence-electron chi connectivity index (χ1n) is 6.46. The summed E-state index contributed by atoms with van der Waals surface area (Å²) in [6, 6.07) is 5.64. The van der Waals surface area contributed by atoms with E-state index in [1.165, 1.54) is 0 Å². The Kier molecular flexibility index (Phi) is 7.58. The first-order chi connectivity index (χ1) is 9.60. The molecule has 0 aliphatic heterocycles. The highest BCUT2D eigenvalue weighted by atomic mass is 79.9. The number of carbonyl (C=O) groups is 1. The highest BCUT2D eigenvalue weighted by Crippen LogP contribution is 2.30. The van der Waals surface area contributed by atoms with Gasteiger partial charge in [-0.1, -0.05) is 19.1 Å². The topological polar surface area (TPSA) is 67.8 Å². The van der Waals surface area contributed by atoms with Gasteiger partial charge in [-0.3, -0.25) is 0 Å². The standard InChI is InChI=1S/C14H20BrNO4/c1-3-12(14(17)18)20-13-10(5-4-6-11(13)15)9-16-7-8-19-2/h4-6,12,16H,3,7-9H2,1-2H3,(H,17,18). The molecule has 2 N–H and O–H groups in total. The van der Waals surface area contributed by atoms with E-state index in [-0.39, 0.29) is 0 Å². The summed E-state index contributed by atoms with van der Waals surface area (Å²) in [5.74, 6) is -0.381. The van der Waals surface area contributed by atoms with Crippen LogP contribution in [-0.2, 0) is 16.1 Å². The van der Waals surface area contributed by atoms with Gasteiger partial charge in [0.15, 0.2) is 6.10 Å². The fraction of sp³-hybridized carbons (Fsp3) is 0.500. The molecular formula is C14H20BrNO4. The average Bonchev–Trinajstić information content (AvgIpc) is 2.42. The molecule has 0 aliphatic carbocycles. The van der Waals surface area contributed by atoms with Gasteiger partial charge in [0.2, 0.25) is 0 Å². The summed E-state index contributed by atoms with van der Waals surface area (Å²) < 4.78 is 11.3. The SMILES string of the molecule is CCC(Oc1c(Br)cccc1CNCCOC)C(=O)O. The molecule has 1 rings (SSSR count). The lowest BCUT2D eigenvalue weighted by Gasteiger charge is -2.18. The first kappa shape index (κ1) is 16.9. The molecule has 0 spiro atoms. The van der Waals surface area contributed by atoms with Crippen molar-refractivity contribution >= 4 is 21.9 Å². The zero-order valence-corrected chi connectivity index (χ0v) is 13.3. The summed E-state index contributed by atoms with van der Waals surface area (Å²) in [5, 5.41) is 12.3. The van der Waals surface area contributed by atoms with Crippen LogP contribution < -0.4 is 10.1 Å². The molecule has 0 saturated heterocycles. The van der Waals surface area contributed by atoms with Gasteiger partial charge in [-0.2, -0.15) is 0 Å². The van der Waals surface area contributed by atoms with Crippen molar-refractivity contribution in [2.24, 2.45) is 0 Å². The predicted octanol–water partition coefficient (Wildman–Crippen LogP) is 2.43. The largest absolute Gasteiger partial charge is 0.479 e. The lowest BCUT2D eigenvalue weighted by Crippen LogP contribution is -2.27. The minimum absolute atomic E-state index is 0.410. The second-order valence-electron chi connectivity index (χ2n) is 4.25. The zero-order valence-electron chi connectivity index (χ0n) is 11.7. The maximum atomic E-state index is 11.1. The molecule has 1 aromatic carbocycles. The normalized spacial score (nSPS) is 12.2. The van der Waals surface area contributed by atoms with E-state index in [9.17, 15) is 4.79 Å². The van der Waals surface area contributed by atoms with Crippen LogP contribution in [0.4, 0.5) is 0 Å². The second kappa shape index (κ2) is 8.94. The first-order valence-corrected chi connectivity index (χ1v) is 7.26. The Morgan fingerprint density at radius 3 is 2.85 bits per heavy atom. The average molecular weight is 346 g/mol. The minimum atomic E-state index is -0.957. The summed E-state index contributed by atoms with van der Waals surface area (Å²) in [7, 11) is 1.65. The Morgan fingerprint density at radius 1 is 1.50 bits per heavy atom. The summed E-state index contributed by atoms with van der Waals surface area (Å²) in [5.41, 5.74) is 0.912. The minimum Gasteiger partial charge on any atom is -0.479 e. The van der Waals surface area contributed by atoms with Gasteiger partial charge in [0.05, 0.1) is 11.1 Å². The molecule has 5 nitrogen and oxygen atoms in total. The molecule has 0 fully saturated rings. The zero-order chi connectivity index (χ0) is 15.0. The van der Waals surface area contributed by atoms with Gasteiger partial charge in [-0.25, -0.2) is 4.79 Å². The Hall–Kier alpha value is -1.11. The van der Waals surface area contributed by atoms with Crippen molar-refractivity contribution in [1.82, 2.24) is 5.32 Å². The maximum Gasteiger partial charge on any atom is 0.344 e. The van der Waals surface area contributed by atoms with E-state index < -0.39 is 12.1 Å². The lowest BCUT2D eigenvalue weighted by molar-refractivity contribution is -0.145. The van der Waals surface area contributed by atoms with Crippen LogP contribution in [0.1, 0.15) is 18.9 Å². The van der Waals surface area contributed by atoms with Crippen LogP contribution in [0.15, 0.2) is 22.7 Å². The van der Waals surface area contributed by atoms with E-state index in [1.54, 1.807) is 14.0 Å². The number of rotatable bonds is 9. The Bertz CT molecular complexity index is 439. The summed E-state index contributed by atoms with van der Waals surface area (Å²) in [6.45, 7) is 3.72. The van der Waals surface area contributed by atoms with Crippen LogP contribution in [0.5, 0.6) is 5.75 Å². The molecule has 0 aromatic heterocycles. The third-order valence-corrected chi connectivity index (χ3v) is 3.38. The molecule has 1 unspecified atom stereocenters. The van der Waals surface area contributed by atoms with Crippen molar-refractivity contribution in [3.8, 4) is 5.75 Å². The van der Waals surface area contributed by atoms with Gasteiger partial charge in [-0.05, 0) is 28.4 Å². The molecule has 112 valence electrons. The van der Waals surface area contributed by atoms with Gasteiger partial charge in [-0.15, -0.1) is 0 Å². The molecule has 1 atom stereocenters. The van der Waals surface area contributed by atoms with Crippen molar-refractivity contribution in [2.75, 3.05) is 20.3 Å². The van der Waals surface area contributed by atoms with Gasteiger partial charge in [0.1, 0.15) is 5.75 Å². The number of nitrogens with one attached hydrogen (secondary N) is 1. The number of halogens is 1. The smallest absolute Gasteiger partial charge is 0.344 e. The number of hydrogen-bond donors (Lipinski definition) is 2. The van der Waals surface area contributed by atoms with Crippen LogP contribution in [0.3, 0.4) is 0 Å². The summed E-state index contributed by atoms with van der Waals surface area (Å²) in [4.78, 5) is 11.1. The predicted molar refractivity (Wildman–Crippen MR) is 80.1 cm³/mol. The van der Waals surface area contributed by atoms with Crippen LogP contribution >= 0.6 is 15.9 Å². The molecule has 0 aliphatic rings. The van der Waals surface area contributed by atoms with Crippen molar-refractivity contribution in [2.45, 2.75) is 26.0 Å². The number of aliphatic carboxylic acids is 1. The molecule has 0 amide bonds. The highest BCUT2D eigenvalue weighted by molar-refractivity contribution is 9.10. The Labute approximate surface area is 127 Å². The molecule has 0 heterocycles. The van der Waals surface area contributed by atoms with Crippen molar-refractivity contribution in [3.05, 3.63) is 28.2 Å². The van der Waals surface area contributed by atoms with Crippen LogP contribution in [-0.4, -0.2) is 37.4 Å².